The molecule has 0 aromatic carbocycles. The Bertz CT molecular complexity index is 1050. The SMILES string of the molecule is CC/C=C/C=C/C=C/C=C/C=C/C=C/CCCCCC(=O)OCC(COCCC(C(=O)[O-])[N+](C)(C)C)OC(=O)CCCCCCCCCCC. The normalized spacial score (nSPS) is 13.9. The number of carbonyl (C=O) groups excluding carboxylic acids is 3. The predicted molar refractivity (Wildman–Crippen MR) is 203 cm³/mol. The van der Waals surface area contributed by atoms with Crippen molar-refractivity contribution in [1.82, 2.24) is 0 Å². The number of carboxylic acids is 1. The van der Waals surface area contributed by atoms with Crippen LogP contribution in [0.3, 0.4) is 0 Å². The maximum absolute atomic E-state index is 12.6. The average Bonchev–Trinajstić information content (AvgIpc) is 3.06. The summed E-state index contributed by atoms with van der Waals surface area (Å²) < 4.78 is 17.0. The molecule has 0 aliphatic heterocycles. The lowest BCUT2D eigenvalue weighted by Crippen LogP contribution is -2.55. The highest BCUT2D eigenvalue weighted by Crippen LogP contribution is 2.13. The largest absolute Gasteiger partial charge is 0.544 e. The molecule has 50 heavy (non-hydrogen) atoms. The van der Waals surface area contributed by atoms with Gasteiger partial charge in [-0.1, -0.05) is 145 Å². The van der Waals surface area contributed by atoms with Crippen molar-refractivity contribution < 1.29 is 38.2 Å². The van der Waals surface area contributed by atoms with E-state index in [4.69, 9.17) is 14.2 Å². The van der Waals surface area contributed by atoms with Crippen LogP contribution < -0.4 is 5.11 Å². The third kappa shape index (κ3) is 30.8. The first-order valence-electron chi connectivity index (χ1n) is 19.0. The lowest BCUT2D eigenvalue weighted by molar-refractivity contribution is -0.889. The van der Waals surface area contributed by atoms with Crippen LogP contribution in [0.15, 0.2) is 72.9 Å². The number of unbranched alkanes of at least 4 members (excludes halogenated alkanes) is 11. The van der Waals surface area contributed by atoms with E-state index in [1.807, 2.05) is 60.8 Å². The fraction of sp³-hybridized carbons (Fsp3) is 0.643. The van der Waals surface area contributed by atoms with Crippen molar-refractivity contribution in [3.05, 3.63) is 72.9 Å². The fourth-order valence-electron chi connectivity index (χ4n) is 5.04. The summed E-state index contributed by atoms with van der Waals surface area (Å²) in [5, 5.41) is 11.6. The van der Waals surface area contributed by atoms with Gasteiger partial charge in [0.15, 0.2) is 6.10 Å². The van der Waals surface area contributed by atoms with Crippen LogP contribution >= 0.6 is 0 Å². The van der Waals surface area contributed by atoms with Gasteiger partial charge < -0.3 is 28.6 Å². The summed E-state index contributed by atoms with van der Waals surface area (Å²) in [5.74, 6) is -1.81. The van der Waals surface area contributed by atoms with Crippen LogP contribution in [0.4, 0.5) is 0 Å². The maximum atomic E-state index is 12.6. The quantitative estimate of drug-likeness (QED) is 0.0301. The minimum absolute atomic E-state index is 0.0231. The van der Waals surface area contributed by atoms with Crippen molar-refractivity contribution in [2.24, 2.45) is 0 Å². The Morgan fingerprint density at radius 1 is 0.620 bits per heavy atom. The minimum atomic E-state index is -1.14. The molecule has 0 bridgehead atoms. The highest BCUT2D eigenvalue weighted by molar-refractivity contribution is 5.70. The third-order valence-corrected chi connectivity index (χ3v) is 8.02. The van der Waals surface area contributed by atoms with Gasteiger partial charge >= 0.3 is 11.9 Å². The van der Waals surface area contributed by atoms with Gasteiger partial charge in [0.05, 0.1) is 40.3 Å². The Hall–Kier alpha value is -3.23. The van der Waals surface area contributed by atoms with Gasteiger partial charge in [-0.3, -0.25) is 9.59 Å². The molecular formula is C42H69NO7. The van der Waals surface area contributed by atoms with Crippen molar-refractivity contribution in [1.29, 1.82) is 0 Å². The number of allylic oxidation sites excluding steroid dienone is 12. The molecule has 8 heteroatoms. The second-order valence-corrected chi connectivity index (χ2v) is 13.6. The molecule has 0 spiro atoms. The number of hydrogen-bond donors (Lipinski definition) is 0. The number of carbonyl (C=O) groups is 3. The molecule has 0 aliphatic carbocycles. The zero-order valence-corrected chi connectivity index (χ0v) is 32.0. The molecule has 284 valence electrons. The summed E-state index contributed by atoms with van der Waals surface area (Å²) in [7, 11) is 5.37. The van der Waals surface area contributed by atoms with Crippen molar-refractivity contribution in [3.63, 3.8) is 0 Å². The van der Waals surface area contributed by atoms with Crippen LogP contribution in [0, 0.1) is 0 Å². The van der Waals surface area contributed by atoms with Gasteiger partial charge in [0, 0.05) is 19.3 Å². The zero-order chi connectivity index (χ0) is 37.1. The fourth-order valence-corrected chi connectivity index (χ4v) is 5.04. The van der Waals surface area contributed by atoms with Crippen LogP contribution in [0.25, 0.3) is 0 Å². The maximum Gasteiger partial charge on any atom is 0.306 e. The van der Waals surface area contributed by atoms with Crippen LogP contribution in [-0.2, 0) is 28.6 Å². The van der Waals surface area contributed by atoms with E-state index in [2.05, 4.69) is 26.0 Å². The van der Waals surface area contributed by atoms with E-state index in [0.29, 0.717) is 12.8 Å². The molecule has 0 saturated heterocycles. The Labute approximate surface area is 304 Å². The molecule has 0 radical (unpaired) electrons. The molecule has 0 N–H and O–H groups in total. The third-order valence-electron chi connectivity index (χ3n) is 8.02. The number of carboxylic acid groups (broad SMARTS) is 1. The van der Waals surface area contributed by atoms with E-state index in [1.54, 1.807) is 21.1 Å². The molecule has 0 aliphatic rings. The minimum Gasteiger partial charge on any atom is -0.544 e. The summed E-state index contributed by atoms with van der Waals surface area (Å²) in [5.41, 5.74) is 0. The van der Waals surface area contributed by atoms with Gasteiger partial charge in [-0.05, 0) is 32.1 Å². The molecule has 0 heterocycles. The first kappa shape index (κ1) is 46.8. The highest BCUT2D eigenvalue weighted by Gasteiger charge is 2.25. The summed E-state index contributed by atoms with van der Waals surface area (Å²) in [4.78, 5) is 36.6. The van der Waals surface area contributed by atoms with E-state index < -0.39 is 18.1 Å². The first-order valence-corrected chi connectivity index (χ1v) is 19.0. The lowest BCUT2D eigenvalue weighted by Gasteiger charge is -2.34. The second-order valence-electron chi connectivity index (χ2n) is 13.6. The molecular weight excluding hydrogens is 630 g/mol. The zero-order valence-electron chi connectivity index (χ0n) is 32.0. The Morgan fingerprint density at radius 3 is 1.66 bits per heavy atom. The van der Waals surface area contributed by atoms with E-state index in [-0.39, 0.29) is 42.7 Å². The highest BCUT2D eigenvalue weighted by atomic mass is 16.6. The number of nitrogens with zero attached hydrogens (tertiary/aromatic N) is 1. The average molecular weight is 700 g/mol. The van der Waals surface area contributed by atoms with Gasteiger partial charge in [-0.15, -0.1) is 0 Å². The Balaban J connectivity index is 4.50. The van der Waals surface area contributed by atoms with Gasteiger partial charge in [0.2, 0.25) is 0 Å². The second kappa shape index (κ2) is 32.9. The van der Waals surface area contributed by atoms with E-state index in [9.17, 15) is 19.5 Å². The van der Waals surface area contributed by atoms with Gasteiger partial charge in [-0.2, -0.15) is 0 Å². The summed E-state index contributed by atoms with van der Waals surface area (Å²) in [6.45, 7) is 4.41. The lowest BCUT2D eigenvalue weighted by atomic mass is 10.1. The van der Waals surface area contributed by atoms with Crippen LogP contribution in [0.1, 0.15) is 123 Å². The number of quaternary nitrogens is 1. The van der Waals surface area contributed by atoms with Gasteiger partial charge in [0.25, 0.3) is 0 Å². The molecule has 0 aromatic heterocycles. The summed E-state index contributed by atoms with van der Waals surface area (Å²) >= 11 is 0. The smallest absolute Gasteiger partial charge is 0.306 e. The molecule has 0 saturated carbocycles. The topological polar surface area (TPSA) is 102 Å². The summed E-state index contributed by atoms with van der Waals surface area (Å²) in [6.07, 6.45) is 39.3. The van der Waals surface area contributed by atoms with Crippen LogP contribution in [0.5, 0.6) is 0 Å². The van der Waals surface area contributed by atoms with Crippen molar-refractivity contribution >= 4 is 17.9 Å². The standard InChI is InChI=1S/C42H69NO7/c1-6-8-10-12-14-16-17-18-19-20-21-22-23-25-26-28-30-32-40(44)49-37-38(36-48-35-34-39(42(46)47)43(3,4)5)50-41(45)33-31-29-27-24-15-13-11-9-7-2/h8,10,12,14,16-23,38-39H,6-7,9,11,13,15,24-37H2,1-5H3/b10-8+,14-12+,17-16+,19-18+,21-20+,23-22+. The van der Waals surface area contributed by atoms with Gasteiger partial charge in [-0.25, -0.2) is 0 Å². The molecule has 0 amide bonds. The summed E-state index contributed by atoms with van der Waals surface area (Å²) in [6, 6.07) is -0.733. The molecule has 8 nitrogen and oxygen atoms in total. The Morgan fingerprint density at radius 2 is 1.12 bits per heavy atom. The van der Waals surface area contributed by atoms with E-state index in [0.717, 1.165) is 51.4 Å². The van der Waals surface area contributed by atoms with Crippen LogP contribution in [0.2, 0.25) is 0 Å². The molecule has 0 rings (SSSR count). The van der Waals surface area contributed by atoms with Crippen molar-refractivity contribution in [2.75, 3.05) is 41.0 Å². The first-order chi connectivity index (χ1) is 24.1. The number of rotatable bonds is 32. The monoisotopic (exact) mass is 700 g/mol. The number of hydrogen-bond acceptors (Lipinski definition) is 7. The van der Waals surface area contributed by atoms with Gasteiger partial charge in [0.1, 0.15) is 12.6 Å². The molecule has 0 fully saturated rings. The number of esters is 2. The number of ether oxygens (including phenoxy) is 3. The van der Waals surface area contributed by atoms with Crippen molar-refractivity contribution in [2.45, 2.75) is 135 Å². The Kier molecular flexibility index (Phi) is 30.8. The number of aliphatic carboxylic acids is 1. The molecule has 2 unspecified atom stereocenters. The van der Waals surface area contributed by atoms with E-state index in [1.165, 1.54) is 38.5 Å². The van der Waals surface area contributed by atoms with Crippen LogP contribution in [-0.4, -0.2) is 75.5 Å². The molecule has 0 aromatic rings. The number of likely N-dealkylation sites (N-methyl/N-ethyl adjacent to an activating group) is 1. The van der Waals surface area contributed by atoms with Crippen molar-refractivity contribution in [3.8, 4) is 0 Å². The predicted octanol–water partition coefficient (Wildman–Crippen LogP) is 8.29. The van der Waals surface area contributed by atoms with E-state index >= 15 is 0 Å². The molecule has 2 atom stereocenters.